The molecule has 56 valence electrons. The molecule has 0 rings (SSSR count). The quantitative estimate of drug-likeness (QED) is 0.407. The van der Waals surface area contributed by atoms with E-state index in [-0.39, 0.29) is 0 Å². The van der Waals surface area contributed by atoms with E-state index < -0.39 is 26.0 Å². The molecule has 0 radical (unpaired) electrons. The first-order valence-electron chi connectivity index (χ1n) is 5.14. The predicted octanol–water partition coefficient (Wildman–Crippen LogP) is -0.111. The Morgan fingerprint density at radius 3 is 1.90 bits per heavy atom. The maximum Gasteiger partial charge on any atom is 0.330 e. The summed E-state index contributed by atoms with van der Waals surface area (Å²) in [5.41, 5.74) is 0. The highest BCUT2D eigenvalue weighted by Crippen LogP contribution is 1.80. The van der Waals surface area contributed by atoms with E-state index in [1.165, 1.54) is 0 Å². The minimum Gasteiger partial charge on any atom is -0.466 e. The Kier molecular flexibility index (Phi) is 1.24. The van der Waals surface area contributed by atoms with Crippen LogP contribution in [0.1, 0.15) is 8.22 Å². The summed E-state index contributed by atoms with van der Waals surface area (Å²) < 4.78 is 46.9. The van der Waals surface area contributed by atoms with Gasteiger partial charge < -0.3 is 9.47 Å². The second kappa shape index (κ2) is 4.55. The van der Waals surface area contributed by atoms with Crippen LogP contribution in [-0.4, -0.2) is 26.0 Å². The maximum atomic E-state index is 10.7. The molecule has 0 aliphatic heterocycles. The third kappa shape index (κ3) is 3.65. The topological polar surface area (TPSA) is 52.6 Å². The summed E-state index contributed by atoms with van der Waals surface area (Å²) in [5.74, 6) is -2.61. The first-order valence-corrected chi connectivity index (χ1v) is 2.14. The minimum atomic E-state index is -2.92. The van der Waals surface area contributed by atoms with Crippen LogP contribution in [0.5, 0.6) is 0 Å². The second-order valence-electron chi connectivity index (χ2n) is 1.18. The van der Waals surface area contributed by atoms with Crippen molar-refractivity contribution in [2.75, 3.05) is 14.1 Å². The van der Waals surface area contributed by atoms with E-state index in [9.17, 15) is 9.59 Å². The zero-order chi connectivity index (χ0) is 13.0. The number of carbonyl (C=O) groups is 2. The molecule has 0 unspecified atom stereocenters. The lowest BCUT2D eigenvalue weighted by molar-refractivity contribution is -0.137. The largest absolute Gasteiger partial charge is 0.466 e. The number of hydrogen-bond donors (Lipinski definition) is 0. The van der Waals surface area contributed by atoms with Crippen LogP contribution in [0.25, 0.3) is 0 Å². The van der Waals surface area contributed by atoms with Crippen LogP contribution in [0.2, 0.25) is 0 Å². The minimum absolute atomic E-state index is 0.459. The Labute approximate surface area is 66.9 Å². The first kappa shape index (κ1) is 2.74. The van der Waals surface area contributed by atoms with Crippen molar-refractivity contribution in [2.24, 2.45) is 0 Å². The average molecular weight is 150 g/mol. The van der Waals surface area contributed by atoms with Gasteiger partial charge in [0, 0.05) is 12.2 Å². The lowest BCUT2D eigenvalue weighted by atomic mass is 10.5. The van der Waals surface area contributed by atoms with Crippen molar-refractivity contribution >= 4 is 11.9 Å². The molecule has 0 aromatic carbocycles. The SMILES string of the molecule is [2H]C([2H])([2H])OC(=O)/C=C/C(=O)OC([2H])([2H])[2H]. The molecule has 0 heterocycles. The van der Waals surface area contributed by atoms with Gasteiger partial charge in [-0.3, -0.25) is 0 Å². The second-order valence-corrected chi connectivity index (χ2v) is 1.18. The molecule has 10 heavy (non-hydrogen) atoms. The number of methoxy groups -OCH3 is 2. The standard InChI is InChI=1S/C6H8O4/c1-9-5(7)3-4-6(8)10-2/h3-4H,1-2H3/b4-3+/i1D3,2D3. The maximum absolute atomic E-state index is 10.7. The molecule has 0 aromatic heterocycles. The first-order chi connectivity index (χ1) is 6.99. The molecule has 0 saturated carbocycles. The fourth-order valence-electron chi connectivity index (χ4n) is 0.204. The number of ether oxygens (including phenoxy) is 2. The van der Waals surface area contributed by atoms with Crippen molar-refractivity contribution in [2.45, 2.75) is 0 Å². The summed E-state index contributed by atoms with van der Waals surface area (Å²) in [4.78, 5) is 21.4. The van der Waals surface area contributed by atoms with Gasteiger partial charge in [0.2, 0.25) is 0 Å². The number of esters is 2. The fourth-order valence-corrected chi connectivity index (χ4v) is 0.204. The molecule has 0 saturated heterocycles. The van der Waals surface area contributed by atoms with Crippen molar-refractivity contribution in [3.63, 3.8) is 0 Å². The van der Waals surface area contributed by atoms with Gasteiger partial charge in [-0.25, -0.2) is 9.59 Å². The van der Waals surface area contributed by atoms with Crippen LogP contribution in [0.4, 0.5) is 0 Å². The van der Waals surface area contributed by atoms with Crippen molar-refractivity contribution < 1.29 is 27.3 Å². The highest BCUT2D eigenvalue weighted by molar-refractivity contribution is 5.91. The van der Waals surface area contributed by atoms with Crippen LogP contribution >= 0.6 is 0 Å². The van der Waals surface area contributed by atoms with E-state index in [1.54, 1.807) is 0 Å². The van der Waals surface area contributed by atoms with Crippen LogP contribution in [0.3, 0.4) is 0 Å². The van der Waals surface area contributed by atoms with Gasteiger partial charge in [0.1, 0.15) is 0 Å². The summed E-state index contributed by atoms with van der Waals surface area (Å²) in [7, 11) is -5.84. The van der Waals surface area contributed by atoms with Gasteiger partial charge in [-0.15, -0.1) is 0 Å². The average Bonchev–Trinajstić information content (AvgIpc) is 1.94. The van der Waals surface area contributed by atoms with Crippen molar-refractivity contribution in [1.29, 1.82) is 0 Å². The summed E-state index contributed by atoms with van der Waals surface area (Å²) in [6, 6.07) is 0. The molecule has 4 nitrogen and oxygen atoms in total. The molecule has 0 atom stereocenters. The van der Waals surface area contributed by atoms with Gasteiger partial charge in [0.25, 0.3) is 0 Å². The van der Waals surface area contributed by atoms with Crippen molar-refractivity contribution in [1.82, 2.24) is 0 Å². The normalized spacial score (nSPS) is 20.8. The number of hydrogen-bond acceptors (Lipinski definition) is 4. The van der Waals surface area contributed by atoms with Gasteiger partial charge >= 0.3 is 11.9 Å². The molecule has 0 aliphatic rings. The van der Waals surface area contributed by atoms with Gasteiger partial charge in [-0.1, -0.05) is 0 Å². The molecule has 0 aromatic rings. The molecule has 0 spiro atoms. The molecular weight excluding hydrogens is 136 g/mol. The van der Waals surface area contributed by atoms with Gasteiger partial charge in [-0.2, -0.15) is 0 Å². The van der Waals surface area contributed by atoms with Crippen LogP contribution in [0, 0.1) is 0 Å². The highest BCUT2D eigenvalue weighted by atomic mass is 16.5. The molecular formula is C6H8O4. The summed E-state index contributed by atoms with van der Waals surface area (Å²) >= 11 is 0. The van der Waals surface area contributed by atoms with Crippen LogP contribution in [0.15, 0.2) is 12.2 Å². The monoisotopic (exact) mass is 150 g/mol. The van der Waals surface area contributed by atoms with Gasteiger partial charge in [-0.05, 0) is 0 Å². The zero-order valence-corrected chi connectivity index (χ0v) is 4.79. The van der Waals surface area contributed by atoms with E-state index >= 15 is 0 Å². The van der Waals surface area contributed by atoms with Crippen LogP contribution < -0.4 is 0 Å². The zero-order valence-electron chi connectivity index (χ0n) is 10.8. The summed E-state index contributed by atoms with van der Waals surface area (Å²) in [6.07, 6.45) is 0.918. The fraction of sp³-hybridized carbons (Fsp3) is 0.333. The van der Waals surface area contributed by atoms with E-state index in [2.05, 4.69) is 9.47 Å². The van der Waals surface area contributed by atoms with Gasteiger partial charge in [0.05, 0.1) is 22.3 Å². The third-order valence-electron chi connectivity index (χ3n) is 0.557. The Bertz CT molecular complexity index is 271. The van der Waals surface area contributed by atoms with Crippen molar-refractivity contribution in [3.05, 3.63) is 12.2 Å². The number of carbonyl (C=O) groups excluding carboxylic acids is 2. The van der Waals surface area contributed by atoms with Gasteiger partial charge in [0.15, 0.2) is 0 Å². The Balaban J connectivity index is 4.20. The summed E-state index contributed by atoms with van der Waals surface area (Å²) in [6.45, 7) is 0. The molecule has 0 fully saturated rings. The van der Waals surface area contributed by atoms with E-state index in [0.29, 0.717) is 12.2 Å². The van der Waals surface area contributed by atoms with Crippen LogP contribution in [-0.2, 0) is 19.1 Å². The third-order valence-corrected chi connectivity index (χ3v) is 0.557. The van der Waals surface area contributed by atoms with E-state index in [1.807, 2.05) is 0 Å². The molecule has 0 amide bonds. The smallest absolute Gasteiger partial charge is 0.330 e. The Morgan fingerprint density at radius 2 is 1.60 bits per heavy atom. The molecule has 0 bridgehead atoms. The lowest BCUT2D eigenvalue weighted by Crippen LogP contribution is -1.98. The molecule has 4 heteroatoms. The summed E-state index contributed by atoms with van der Waals surface area (Å²) in [5, 5.41) is 0. The molecule has 0 N–H and O–H groups in total. The molecule has 0 aliphatic carbocycles. The Morgan fingerprint density at radius 1 is 1.20 bits per heavy atom. The van der Waals surface area contributed by atoms with E-state index in [4.69, 9.17) is 8.22 Å². The highest BCUT2D eigenvalue weighted by Gasteiger charge is 1.94. The Hall–Kier alpha value is -1.32. The van der Waals surface area contributed by atoms with Crippen molar-refractivity contribution in [3.8, 4) is 0 Å². The predicted molar refractivity (Wildman–Crippen MR) is 33.2 cm³/mol. The van der Waals surface area contributed by atoms with E-state index in [0.717, 1.165) is 0 Å². The lowest BCUT2D eigenvalue weighted by Gasteiger charge is -1.89. The number of rotatable bonds is 2.